The molecule has 0 aliphatic carbocycles. The molecule has 0 fully saturated rings. The molecule has 1 atom stereocenters. The second kappa shape index (κ2) is 10.5. The van der Waals surface area contributed by atoms with E-state index in [2.05, 4.69) is 24.3 Å². The van der Waals surface area contributed by atoms with Crippen molar-refractivity contribution in [3.8, 4) is 5.75 Å². The Kier molecular flexibility index (Phi) is 7.75. The fraction of sp³-hybridized carbons (Fsp3) is 0.259. The number of carbonyl (C=O) groups excluding carboxylic acids is 2. The second-order valence-electron chi connectivity index (χ2n) is 8.57. The third-order valence-electron chi connectivity index (χ3n) is 5.23. The number of hydrogen-bond donors (Lipinski definition) is 0. The van der Waals surface area contributed by atoms with Crippen molar-refractivity contribution in [2.45, 2.75) is 42.4 Å². The molecule has 4 nitrogen and oxygen atoms in total. The Morgan fingerprint density at radius 2 is 1.25 bits per heavy atom. The first kappa shape index (κ1) is 23.6. The van der Waals surface area contributed by atoms with Gasteiger partial charge in [0, 0.05) is 0 Å². The highest BCUT2D eigenvalue weighted by molar-refractivity contribution is 7.97. The lowest BCUT2D eigenvalue weighted by Crippen LogP contribution is -2.29. The minimum atomic E-state index is -0.600. The fourth-order valence-electron chi connectivity index (χ4n) is 2.93. The summed E-state index contributed by atoms with van der Waals surface area (Å²) in [5.74, 6) is -0.899. The van der Waals surface area contributed by atoms with E-state index in [1.165, 1.54) is 9.79 Å². The van der Waals surface area contributed by atoms with E-state index in [-0.39, 0.29) is 22.2 Å². The maximum absolute atomic E-state index is 12.2. The minimum absolute atomic E-state index is 0.231. The zero-order valence-electron chi connectivity index (χ0n) is 18.9. The van der Waals surface area contributed by atoms with Crippen molar-refractivity contribution in [1.82, 2.24) is 0 Å². The molecule has 5 heteroatoms. The summed E-state index contributed by atoms with van der Waals surface area (Å²) in [5, 5.41) is 0. The lowest BCUT2D eigenvalue weighted by atomic mass is 9.82. The second-order valence-corrected chi connectivity index (χ2v) is 10.6. The Labute approximate surface area is 192 Å². The maximum atomic E-state index is 12.2. The Bertz CT molecular complexity index is 985. The molecule has 32 heavy (non-hydrogen) atoms. The molecular weight excluding hydrogens is 420 g/mol. The molecule has 0 radical (unpaired) electrons. The Morgan fingerprint density at radius 1 is 0.781 bits per heavy atom. The first-order chi connectivity index (χ1) is 15.3. The van der Waals surface area contributed by atoms with Gasteiger partial charge in [0.05, 0.1) is 16.8 Å². The van der Waals surface area contributed by atoms with Crippen LogP contribution in [0, 0.1) is 11.3 Å². The van der Waals surface area contributed by atoms with Crippen LogP contribution in [0.25, 0.3) is 0 Å². The highest BCUT2D eigenvalue weighted by Crippen LogP contribution is 2.32. The van der Waals surface area contributed by atoms with Crippen molar-refractivity contribution in [2.24, 2.45) is 11.3 Å². The number of rotatable bonds is 7. The molecule has 1 unspecified atom stereocenters. The van der Waals surface area contributed by atoms with E-state index in [1.807, 2.05) is 69.3 Å². The van der Waals surface area contributed by atoms with Gasteiger partial charge in [-0.25, -0.2) is 4.79 Å². The van der Waals surface area contributed by atoms with Crippen LogP contribution in [0.3, 0.4) is 0 Å². The molecule has 0 saturated carbocycles. The zero-order valence-corrected chi connectivity index (χ0v) is 19.7. The van der Waals surface area contributed by atoms with E-state index in [0.29, 0.717) is 5.75 Å². The van der Waals surface area contributed by atoms with Crippen LogP contribution >= 0.6 is 0 Å². The lowest BCUT2D eigenvalue weighted by molar-refractivity contribution is -0.159. The molecule has 0 spiro atoms. The number of hydrogen-bond acceptors (Lipinski definition) is 4. The van der Waals surface area contributed by atoms with Gasteiger partial charge in [-0.05, 0) is 53.9 Å². The summed E-state index contributed by atoms with van der Waals surface area (Å²) in [6.07, 6.45) is 0. The number of ether oxygens (including phenoxy) is 2. The predicted octanol–water partition coefficient (Wildman–Crippen LogP) is 5.91. The summed E-state index contributed by atoms with van der Waals surface area (Å²) in [6.45, 7) is 7.26. The van der Waals surface area contributed by atoms with Crippen molar-refractivity contribution in [3.63, 3.8) is 0 Å². The van der Waals surface area contributed by atoms with Gasteiger partial charge in [-0.3, -0.25) is 4.79 Å². The van der Waals surface area contributed by atoms with Gasteiger partial charge in [-0.1, -0.05) is 64.1 Å². The van der Waals surface area contributed by atoms with E-state index >= 15 is 0 Å². The minimum Gasteiger partial charge on any atom is -0.453 e. The molecule has 3 rings (SSSR count). The molecule has 0 N–H and O–H groups in total. The Hall–Kier alpha value is -3.05. The molecule has 0 saturated heterocycles. The average Bonchev–Trinajstić information content (AvgIpc) is 2.79. The standard InChI is InChI=1S/C27H29O4S/c1-20(27(2,3)4)26(29)30-19-25(28)31-21-15-17-24(18-16-21)32(22-11-7-5-8-12-22)23-13-9-6-10-14-23/h5-18,20H,19H2,1-4H3/q+1. The van der Waals surface area contributed by atoms with Crippen LogP contribution in [-0.2, 0) is 25.2 Å². The van der Waals surface area contributed by atoms with Gasteiger partial charge in [0.1, 0.15) is 5.75 Å². The summed E-state index contributed by atoms with van der Waals surface area (Å²) in [4.78, 5) is 27.8. The topological polar surface area (TPSA) is 52.6 Å². The van der Waals surface area contributed by atoms with Crippen LogP contribution < -0.4 is 4.74 Å². The molecule has 3 aromatic carbocycles. The first-order valence-corrected chi connectivity index (χ1v) is 11.8. The predicted molar refractivity (Wildman–Crippen MR) is 127 cm³/mol. The van der Waals surface area contributed by atoms with Crippen LogP contribution in [0.1, 0.15) is 27.7 Å². The van der Waals surface area contributed by atoms with Gasteiger partial charge in [0.2, 0.25) is 0 Å². The lowest BCUT2D eigenvalue weighted by Gasteiger charge is -2.24. The van der Waals surface area contributed by atoms with Crippen molar-refractivity contribution < 1.29 is 19.1 Å². The largest absolute Gasteiger partial charge is 0.453 e. The summed E-state index contributed by atoms with van der Waals surface area (Å²) in [6, 6.07) is 28.2. The van der Waals surface area contributed by atoms with Gasteiger partial charge in [-0.2, -0.15) is 0 Å². The molecule has 0 amide bonds. The van der Waals surface area contributed by atoms with Crippen LogP contribution in [0.2, 0.25) is 0 Å². The van der Waals surface area contributed by atoms with E-state index in [1.54, 1.807) is 19.1 Å². The summed E-state index contributed by atoms with van der Waals surface area (Å²) in [7, 11) is -0.269. The highest BCUT2D eigenvalue weighted by Gasteiger charge is 2.29. The molecule has 0 bridgehead atoms. The SMILES string of the molecule is CC(C(=O)OCC(=O)Oc1ccc([S+](c2ccccc2)c2ccccc2)cc1)C(C)(C)C. The summed E-state index contributed by atoms with van der Waals surface area (Å²) in [5.41, 5.74) is -0.231. The van der Waals surface area contributed by atoms with Crippen LogP contribution in [0.4, 0.5) is 0 Å². The first-order valence-electron chi connectivity index (χ1n) is 10.6. The van der Waals surface area contributed by atoms with E-state index < -0.39 is 18.5 Å². The highest BCUT2D eigenvalue weighted by atomic mass is 32.2. The smallest absolute Gasteiger partial charge is 0.349 e. The third kappa shape index (κ3) is 6.24. The molecule has 0 heterocycles. The molecule has 0 aliphatic heterocycles. The average molecular weight is 450 g/mol. The number of benzene rings is 3. The van der Waals surface area contributed by atoms with Crippen LogP contribution in [0.15, 0.2) is 99.6 Å². The van der Waals surface area contributed by atoms with E-state index in [9.17, 15) is 9.59 Å². The van der Waals surface area contributed by atoms with Gasteiger partial charge < -0.3 is 9.47 Å². The molecule has 0 aliphatic rings. The van der Waals surface area contributed by atoms with Crippen molar-refractivity contribution in [3.05, 3.63) is 84.9 Å². The fourth-order valence-corrected chi connectivity index (χ4v) is 5.02. The molecule has 166 valence electrons. The summed E-state index contributed by atoms with van der Waals surface area (Å²) >= 11 is 0. The van der Waals surface area contributed by atoms with Gasteiger partial charge in [-0.15, -0.1) is 0 Å². The Balaban J connectivity index is 1.68. The van der Waals surface area contributed by atoms with Crippen LogP contribution in [0.5, 0.6) is 5.75 Å². The number of carbonyl (C=O) groups is 2. The van der Waals surface area contributed by atoms with Crippen LogP contribution in [-0.4, -0.2) is 18.5 Å². The van der Waals surface area contributed by atoms with Gasteiger partial charge in [0.15, 0.2) is 21.3 Å². The molecular formula is C27H29O4S+. The number of esters is 2. The quantitative estimate of drug-likeness (QED) is 0.255. The normalized spacial score (nSPS) is 12.3. The molecule has 0 aromatic heterocycles. The van der Waals surface area contributed by atoms with E-state index in [4.69, 9.17) is 9.47 Å². The van der Waals surface area contributed by atoms with Gasteiger partial charge >= 0.3 is 11.9 Å². The zero-order chi connectivity index (χ0) is 23.1. The van der Waals surface area contributed by atoms with Crippen molar-refractivity contribution in [2.75, 3.05) is 6.61 Å². The summed E-state index contributed by atoms with van der Waals surface area (Å²) < 4.78 is 10.5. The van der Waals surface area contributed by atoms with Gasteiger partial charge in [0.25, 0.3) is 0 Å². The van der Waals surface area contributed by atoms with Crippen molar-refractivity contribution in [1.29, 1.82) is 0 Å². The third-order valence-corrected chi connectivity index (χ3v) is 7.46. The monoisotopic (exact) mass is 449 g/mol. The van der Waals surface area contributed by atoms with E-state index in [0.717, 1.165) is 4.90 Å². The molecule has 3 aromatic rings. The van der Waals surface area contributed by atoms with Crippen molar-refractivity contribution >= 4 is 22.8 Å². The Morgan fingerprint density at radius 3 is 1.72 bits per heavy atom. The maximum Gasteiger partial charge on any atom is 0.349 e.